The Kier molecular flexibility index (Phi) is 2.64. The number of hydrogen-bond acceptors (Lipinski definition) is 3. The molecule has 2 atom stereocenters. The summed E-state index contributed by atoms with van der Waals surface area (Å²) in [4.78, 5) is 10.3. The predicted octanol–water partition coefficient (Wildman–Crippen LogP) is 0.408. The van der Waals surface area contributed by atoms with Crippen LogP contribution < -0.4 is 0 Å². The first kappa shape index (κ1) is 9.41. The van der Waals surface area contributed by atoms with Crippen LogP contribution in [0.1, 0.15) is 12.8 Å². The first-order valence-electron chi connectivity index (χ1n) is 3.62. The molecule has 0 saturated heterocycles. The van der Waals surface area contributed by atoms with Crippen LogP contribution in [0.4, 0.5) is 0 Å². The van der Waals surface area contributed by atoms with E-state index in [-0.39, 0.29) is 12.3 Å². The van der Waals surface area contributed by atoms with Gasteiger partial charge in [0.25, 0.3) is 10.1 Å². The van der Waals surface area contributed by atoms with Crippen LogP contribution in [0.15, 0.2) is 12.2 Å². The Morgan fingerprint density at radius 2 is 2.17 bits per heavy atom. The highest BCUT2D eigenvalue weighted by atomic mass is 32.2. The van der Waals surface area contributed by atoms with Crippen LogP contribution in [0.2, 0.25) is 0 Å². The van der Waals surface area contributed by atoms with Gasteiger partial charge in [-0.2, -0.15) is 8.42 Å². The lowest BCUT2D eigenvalue weighted by Crippen LogP contribution is -2.25. The molecular weight excluding hydrogens is 180 g/mol. The number of aldehydes is 1. The molecule has 5 heteroatoms. The minimum atomic E-state index is -3.98. The SMILES string of the molecule is O=CC1C=CCC(S(=O)(=O)O)C1. The largest absolute Gasteiger partial charge is 0.303 e. The molecule has 1 rings (SSSR count). The maximum Gasteiger partial charge on any atom is 0.268 e. The molecule has 0 heterocycles. The van der Waals surface area contributed by atoms with Gasteiger partial charge in [-0.3, -0.25) is 4.55 Å². The van der Waals surface area contributed by atoms with Crippen molar-refractivity contribution in [2.45, 2.75) is 18.1 Å². The summed E-state index contributed by atoms with van der Waals surface area (Å²) >= 11 is 0. The minimum absolute atomic E-state index is 0.193. The van der Waals surface area contributed by atoms with E-state index in [2.05, 4.69) is 0 Å². The maximum atomic E-state index is 10.7. The van der Waals surface area contributed by atoms with E-state index >= 15 is 0 Å². The lowest BCUT2D eigenvalue weighted by atomic mass is 9.97. The Balaban J connectivity index is 2.75. The first-order valence-corrected chi connectivity index (χ1v) is 5.12. The van der Waals surface area contributed by atoms with Gasteiger partial charge in [0.1, 0.15) is 6.29 Å². The van der Waals surface area contributed by atoms with Crippen molar-refractivity contribution in [3.8, 4) is 0 Å². The fourth-order valence-electron chi connectivity index (χ4n) is 1.23. The van der Waals surface area contributed by atoms with E-state index in [0.29, 0.717) is 12.7 Å². The van der Waals surface area contributed by atoms with E-state index in [9.17, 15) is 13.2 Å². The van der Waals surface area contributed by atoms with Gasteiger partial charge < -0.3 is 4.79 Å². The van der Waals surface area contributed by atoms with Gasteiger partial charge in [-0.1, -0.05) is 12.2 Å². The van der Waals surface area contributed by atoms with Crippen molar-refractivity contribution < 1.29 is 17.8 Å². The summed E-state index contributed by atoms with van der Waals surface area (Å²) in [5.41, 5.74) is 0. The summed E-state index contributed by atoms with van der Waals surface area (Å²) in [6.45, 7) is 0. The van der Waals surface area contributed by atoms with Crippen molar-refractivity contribution >= 4 is 16.4 Å². The molecule has 0 amide bonds. The molecule has 1 aliphatic rings. The molecule has 0 fully saturated rings. The summed E-state index contributed by atoms with van der Waals surface area (Å²) in [7, 11) is -3.98. The molecule has 0 aliphatic heterocycles. The molecule has 1 aliphatic carbocycles. The molecular formula is C7H10O4S. The molecule has 0 bridgehead atoms. The van der Waals surface area contributed by atoms with Crippen LogP contribution in [0.3, 0.4) is 0 Å². The molecule has 4 nitrogen and oxygen atoms in total. The van der Waals surface area contributed by atoms with Crippen molar-refractivity contribution in [1.82, 2.24) is 0 Å². The average Bonchev–Trinajstić information content (AvgIpc) is 2.03. The van der Waals surface area contributed by atoms with Crippen molar-refractivity contribution in [3.63, 3.8) is 0 Å². The van der Waals surface area contributed by atoms with Gasteiger partial charge in [-0.05, 0) is 12.8 Å². The third-order valence-electron chi connectivity index (χ3n) is 1.91. The van der Waals surface area contributed by atoms with Gasteiger partial charge in [0.15, 0.2) is 0 Å². The standard InChI is InChI=1S/C7H10O4S/c8-5-6-2-1-3-7(4-6)12(9,10)11/h1-2,5-7H,3-4H2,(H,9,10,11). The molecule has 0 spiro atoms. The number of hydrogen-bond donors (Lipinski definition) is 1. The van der Waals surface area contributed by atoms with E-state index in [4.69, 9.17) is 4.55 Å². The highest BCUT2D eigenvalue weighted by Crippen LogP contribution is 2.21. The summed E-state index contributed by atoms with van der Waals surface area (Å²) in [6.07, 6.45) is 4.45. The lowest BCUT2D eigenvalue weighted by Gasteiger charge is -2.18. The van der Waals surface area contributed by atoms with Crippen LogP contribution in [-0.4, -0.2) is 24.5 Å². The highest BCUT2D eigenvalue weighted by Gasteiger charge is 2.27. The molecule has 1 N–H and O–H groups in total. The molecule has 0 aromatic rings. The van der Waals surface area contributed by atoms with Crippen molar-refractivity contribution in [2.75, 3.05) is 0 Å². The van der Waals surface area contributed by atoms with E-state index in [1.54, 1.807) is 12.2 Å². The predicted molar refractivity (Wildman–Crippen MR) is 43.3 cm³/mol. The molecule has 68 valence electrons. The molecule has 2 unspecified atom stereocenters. The van der Waals surface area contributed by atoms with Crippen LogP contribution in [0.25, 0.3) is 0 Å². The third kappa shape index (κ3) is 2.15. The van der Waals surface area contributed by atoms with Gasteiger partial charge in [-0.15, -0.1) is 0 Å². The Labute approximate surface area is 71.0 Å². The summed E-state index contributed by atoms with van der Waals surface area (Å²) in [5.74, 6) is -0.370. The normalized spacial score (nSPS) is 30.1. The molecule has 0 radical (unpaired) electrons. The van der Waals surface area contributed by atoms with Crippen molar-refractivity contribution in [1.29, 1.82) is 0 Å². The van der Waals surface area contributed by atoms with Crippen LogP contribution in [0.5, 0.6) is 0 Å². The topological polar surface area (TPSA) is 71.4 Å². The zero-order valence-electron chi connectivity index (χ0n) is 6.38. The van der Waals surface area contributed by atoms with E-state index in [1.165, 1.54) is 0 Å². The summed E-state index contributed by atoms with van der Waals surface area (Å²) < 4.78 is 30.0. The monoisotopic (exact) mass is 190 g/mol. The summed E-state index contributed by atoms with van der Waals surface area (Å²) in [5, 5.41) is -0.808. The lowest BCUT2D eigenvalue weighted by molar-refractivity contribution is -0.110. The van der Waals surface area contributed by atoms with Gasteiger partial charge in [0.2, 0.25) is 0 Å². The second kappa shape index (κ2) is 3.37. The number of carbonyl (C=O) groups is 1. The summed E-state index contributed by atoms with van der Waals surface area (Å²) in [6, 6.07) is 0. The molecule has 12 heavy (non-hydrogen) atoms. The second-order valence-corrected chi connectivity index (χ2v) is 4.53. The second-order valence-electron chi connectivity index (χ2n) is 2.84. The fourth-order valence-corrected chi connectivity index (χ4v) is 2.05. The van der Waals surface area contributed by atoms with Crippen molar-refractivity contribution in [2.24, 2.45) is 5.92 Å². The van der Waals surface area contributed by atoms with Gasteiger partial charge >= 0.3 is 0 Å². The minimum Gasteiger partial charge on any atom is -0.303 e. The Morgan fingerprint density at radius 1 is 1.50 bits per heavy atom. The smallest absolute Gasteiger partial charge is 0.268 e. The Hall–Kier alpha value is -0.680. The zero-order valence-corrected chi connectivity index (χ0v) is 7.20. The molecule has 0 aromatic heterocycles. The highest BCUT2D eigenvalue weighted by molar-refractivity contribution is 7.86. The van der Waals surface area contributed by atoms with E-state index in [1.807, 2.05) is 0 Å². The molecule has 0 aromatic carbocycles. The quantitative estimate of drug-likeness (QED) is 0.389. The number of rotatable bonds is 2. The average molecular weight is 190 g/mol. The van der Waals surface area contributed by atoms with Crippen LogP contribution in [-0.2, 0) is 14.9 Å². The van der Waals surface area contributed by atoms with Crippen LogP contribution in [0, 0.1) is 5.92 Å². The van der Waals surface area contributed by atoms with E-state index < -0.39 is 15.4 Å². The zero-order chi connectivity index (χ0) is 9.19. The Morgan fingerprint density at radius 3 is 2.67 bits per heavy atom. The van der Waals surface area contributed by atoms with Gasteiger partial charge in [-0.25, -0.2) is 0 Å². The maximum absolute atomic E-state index is 10.7. The first-order chi connectivity index (χ1) is 5.54. The number of carbonyl (C=O) groups excluding carboxylic acids is 1. The fraction of sp³-hybridized carbons (Fsp3) is 0.571. The Bertz CT molecular complexity index is 291. The molecule has 0 saturated carbocycles. The van der Waals surface area contributed by atoms with Gasteiger partial charge in [0.05, 0.1) is 5.25 Å². The van der Waals surface area contributed by atoms with Crippen LogP contribution >= 0.6 is 0 Å². The van der Waals surface area contributed by atoms with E-state index in [0.717, 1.165) is 0 Å². The van der Waals surface area contributed by atoms with Gasteiger partial charge in [0, 0.05) is 5.92 Å². The number of allylic oxidation sites excluding steroid dienone is 2. The van der Waals surface area contributed by atoms with Crippen molar-refractivity contribution in [3.05, 3.63) is 12.2 Å². The third-order valence-corrected chi connectivity index (χ3v) is 3.14.